The quantitative estimate of drug-likeness (QED) is 0.603. The van der Waals surface area contributed by atoms with Gasteiger partial charge in [0.05, 0.1) is 12.4 Å². The van der Waals surface area contributed by atoms with Crippen molar-refractivity contribution in [3.8, 4) is 0 Å². The fraction of sp³-hybridized carbons (Fsp3) is 0.591. The highest BCUT2D eigenvalue weighted by Gasteiger charge is 2.55. The van der Waals surface area contributed by atoms with Crippen LogP contribution in [0, 0.1) is 11.7 Å². The number of piperazine rings is 1. The molecule has 1 saturated carbocycles. The number of Topliss-reactive ketones (excluding diaryl/α,β-unsaturated/α-hetero) is 1. The molecular formula is C22H29FN4O3. The largest absolute Gasteiger partial charge is 0.367 e. The number of carbonyl (C=O) groups is 3. The highest BCUT2D eigenvalue weighted by Crippen LogP contribution is 2.38. The van der Waals surface area contributed by atoms with Crippen LogP contribution in [0.15, 0.2) is 18.2 Å². The zero-order valence-corrected chi connectivity index (χ0v) is 17.6. The van der Waals surface area contributed by atoms with E-state index >= 15 is 0 Å². The number of halogens is 1. The molecule has 1 spiro atoms. The van der Waals surface area contributed by atoms with Gasteiger partial charge in [-0.2, -0.15) is 0 Å². The Kier molecular flexibility index (Phi) is 5.53. The Labute approximate surface area is 176 Å². The summed E-state index contributed by atoms with van der Waals surface area (Å²) in [6.45, 7) is 6.13. The summed E-state index contributed by atoms with van der Waals surface area (Å²) in [5, 5.41) is 2.99. The van der Waals surface area contributed by atoms with Gasteiger partial charge in [-0.3, -0.25) is 14.5 Å². The Morgan fingerprint density at radius 2 is 1.93 bits per heavy atom. The number of hydrogen-bond acceptors (Lipinski definition) is 5. The van der Waals surface area contributed by atoms with Gasteiger partial charge in [-0.25, -0.2) is 14.1 Å². The number of ketones is 1. The molecule has 2 atom stereocenters. The van der Waals surface area contributed by atoms with Gasteiger partial charge in [0.2, 0.25) is 0 Å². The van der Waals surface area contributed by atoms with Crippen LogP contribution in [0.25, 0.3) is 0 Å². The van der Waals surface area contributed by atoms with Gasteiger partial charge in [0.1, 0.15) is 11.4 Å². The number of amides is 3. The van der Waals surface area contributed by atoms with E-state index in [9.17, 15) is 18.8 Å². The number of nitrogens with one attached hydrogen (secondary N) is 1. The van der Waals surface area contributed by atoms with Crippen LogP contribution in [0.3, 0.4) is 0 Å². The third kappa shape index (κ3) is 3.57. The number of anilines is 1. The topological polar surface area (TPSA) is 73.0 Å². The fourth-order valence-electron chi connectivity index (χ4n) is 4.94. The molecule has 8 heteroatoms. The molecule has 30 heavy (non-hydrogen) atoms. The van der Waals surface area contributed by atoms with Crippen molar-refractivity contribution in [2.45, 2.75) is 45.1 Å². The number of imide groups is 1. The molecule has 3 aliphatic rings. The van der Waals surface area contributed by atoms with Crippen LogP contribution >= 0.6 is 0 Å². The van der Waals surface area contributed by atoms with E-state index in [-0.39, 0.29) is 30.3 Å². The molecule has 4 rings (SSSR count). The van der Waals surface area contributed by atoms with Crippen molar-refractivity contribution >= 4 is 23.4 Å². The summed E-state index contributed by atoms with van der Waals surface area (Å²) < 4.78 is 14.4. The van der Waals surface area contributed by atoms with E-state index < -0.39 is 11.4 Å². The average molecular weight is 416 g/mol. The predicted octanol–water partition coefficient (Wildman–Crippen LogP) is 2.61. The Bertz CT molecular complexity index is 868. The van der Waals surface area contributed by atoms with Crippen molar-refractivity contribution in [2.75, 3.05) is 37.7 Å². The maximum Gasteiger partial charge on any atom is 0.326 e. The van der Waals surface area contributed by atoms with Crippen LogP contribution in [0.2, 0.25) is 0 Å². The van der Waals surface area contributed by atoms with Crippen molar-refractivity contribution in [2.24, 2.45) is 5.92 Å². The van der Waals surface area contributed by atoms with E-state index in [1.807, 2.05) is 11.8 Å². The van der Waals surface area contributed by atoms with Crippen molar-refractivity contribution < 1.29 is 18.8 Å². The third-order valence-corrected chi connectivity index (χ3v) is 6.91. The van der Waals surface area contributed by atoms with E-state index in [1.165, 1.54) is 17.9 Å². The highest BCUT2D eigenvalue weighted by atomic mass is 19.1. The summed E-state index contributed by atoms with van der Waals surface area (Å²) in [5.41, 5.74) is 0.0996. The molecule has 0 aromatic heterocycles. The first-order chi connectivity index (χ1) is 14.3. The number of urea groups is 1. The van der Waals surface area contributed by atoms with Crippen LogP contribution in [-0.2, 0) is 4.79 Å². The molecule has 1 N–H and O–H groups in total. The summed E-state index contributed by atoms with van der Waals surface area (Å²) in [6.07, 6.45) is 3.71. The lowest BCUT2D eigenvalue weighted by Crippen LogP contribution is -2.55. The maximum atomic E-state index is 14.4. The smallest absolute Gasteiger partial charge is 0.326 e. The maximum absolute atomic E-state index is 14.4. The van der Waals surface area contributed by atoms with E-state index in [1.54, 1.807) is 12.1 Å². The van der Waals surface area contributed by atoms with Crippen LogP contribution in [0.5, 0.6) is 0 Å². The molecule has 3 fully saturated rings. The van der Waals surface area contributed by atoms with E-state index in [4.69, 9.17) is 0 Å². The Hall–Kier alpha value is -2.48. The first-order valence-electron chi connectivity index (χ1n) is 10.7. The standard InChI is InChI=1S/C22H29FN4O3/c1-15-5-3-4-8-22(15)20(29)27(21(30)24-22)14-25-9-11-26(12-10-25)19-7-6-17(16(2)28)13-18(19)23/h6-7,13,15H,3-5,8-12,14H2,1-2H3,(H,24,30)/t15-,22+/m0/s1. The minimum absolute atomic E-state index is 0.104. The lowest BCUT2D eigenvalue weighted by Gasteiger charge is -2.38. The summed E-state index contributed by atoms with van der Waals surface area (Å²) in [7, 11) is 0. The molecule has 1 aromatic carbocycles. The summed E-state index contributed by atoms with van der Waals surface area (Å²) >= 11 is 0. The number of hydrogen-bond donors (Lipinski definition) is 1. The molecule has 2 aliphatic heterocycles. The molecule has 2 saturated heterocycles. The summed E-state index contributed by atoms with van der Waals surface area (Å²) in [4.78, 5) is 42.5. The van der Waals surface area contributed by atoms with Gasteiger partial charge in [-0.05, 0) is 43.9 Å². The molecule has 1 aromatic rings. The predicted molar refractivity (Wildman–Crippen MR) is 111 cm³/mol. The summed E-state index contributed by atoms with van der Waals surface area (Å²) in [6, 6.07) is 4.27. The molecule has 0 radical (unpaired) electrons. The monoisotopic (exact) mass is 416 g/mol. The van der Waals surface area contributed by atoms with Gasteiger partial charge in [-0.1, -0.05) is 19.8 Å². The normalized spacial score (nSPS) is 27.6. The number of benzene rings is 1. The van der Waals surface area contributed by atoms with Crippen molar-refractivity contribution in [3.63, 3.8) is 0 Å². The molecule has 1 aliphatic carbocycles. The van der Waals surface area contributed by atoms with Crippen LogP contribution < -0.4 is 10.2 Å². The van der Waals surface area contributed by atoms with Crippen molar-refractivity contribution in [3.05, 3.63) is 29.6 Å². The van der Waals surface area contributed by atoms with Gasteiger partial charge >= 0.3 is 6.03 Å². The molecule has 2 heterocycles. The molecule has 0 unspecified atom stereocenters. The van der Waals surface area contributed by atoms with Gasteiger partial charge in [-0.15, -0.1) is 0 Å². The van der Waals surface area contributed by atoms with Gasteiger partial charge in [0.25, 0.3) is 5.91 Å². The Morgan fingerprint density at radius 3 is 2.57 bits per heavy atom. The van der Waals surface area contributed by atoms with Crippen molar-refractivity contribution in [1.29, 1.82) is 0 Å². The second-order valence-corrected chi connectivity index (χ2v) is 8.75. The minimum Gasteiger partial charge on any atom is -0.367 e. The number of rotatable bonds is 4. The SMILES string of the molecule is CC(=O)c1ccc(N2CCN(CN3C(=O)N[C@@]4(CCCC[C@@H]4C)C3=O)CC2)c(F)c1. The molecular weight excluding hydrogens is 387 g/mol. The van der Waals surface area contributed by atoms with E-state index in [0.717, 1.165) is 19.3 Å². The zero-order chi connectivity index (χ0) is 21.5. The van der Waals surface area contributed by atoms with Gasteiger partial charge in [0, 0.05) is 31.7 Å². The molecule has 0 bridgehead atoms. The van der Waals surface area contributed by atoms with Crippen LogP contribution in [0.4, 0.5) is 14.9 Å². The van der Waals surface area contributed by atoms with Crippen LogP contribution in [-0.4, -0.2) is 65.9 Å². The fourth-order valence-corrected chi connectivity index (χ4v) is 4.94. The number of carbonyl (C=O) groups excluding carboxylic acids is 3. The van der Waals surface area contributed by atoms with E-state index in [0.29, 0.717) is 43.9 Å². The molecule has 7 nitrogen and oxygen atoms in total. The second kappa shape index (κ2) is 7.98. The highest BCUT2D eigenvalue weighted by molar-refractivity contribution is 6.07. The number of nitrogens with zero attached hydrogens (tertiary/aromatic N) is 3. The summed E-state index contributed by atoms with van der Waals surface area (Å²) in [5.74, 6) is -0.527. The van der Waals surface area contributed by atoms with Gasteiger partial charge < -0.3 is 10.2 Å². The first kappa shape index (κ1) is 20.8. The third-order valence-electron chi connectivity index (χ3n) is 6.91. The van der Waals surface area contributed by atoms with Gasteiger partial charge in [0.15, 0.2) is 5.78 Å². The average Bonchev–Trinajstić information content (AvgIpc) is 2.96. The Balaban J connectivity index is 1.38. The lowest BCUT2D eigenvalue weighted by molar-refractivity contribution is -0.135. The first-order valence-corrected chi connectivity index (χ1v) is 10.7. The van der Waals surface area contributed by atoms with Crippen LogP contribution in [0.1, 0.15) is 49.9 Å². The lowest BCUT2D eigenvalue weighted by atomic mass is 9.73. The zero-order valence-electron chi connectivity index (χ0n) is 17.6. The van der Waals surface area contributed by atoms with E-state index in [2.05, 4.69) is 10.2 Å². The van der Waals surface area contributed by atoms with Crippen molar-refractivity contribution in [1.82, 2.24) is 15.1 Å². The molecule has 3 amide bonds. The second-order valence-electron chi connectivity index (χ2n) is 8.75. The minimum atomic E-state index is -0.737. The molecule has 162 valence electrons. The Morgan fingerprint density at radius 1 is 1.20 bits per heavy atom.